The van der Waals surface area contributed by atoms with Crippen molar-refractivity contribution in [1.29, 1.82) is 0 Å². The topological polar surface area (TPSA) is 38.3 Å². The van der Waals surface area contributed by atoms with E-state index in [1.54, 1.807) is 0 Å². The summed E-state index contributed by atoms with van der Waals surface area (Å²) in [6.45, 7) is 0. The molecule has 1 N–H and O–H groups in total. The van der Waals surface area contributed by atoms with Gasteiger partial charge >= 0.3 is 5.97 Å². The largest absolute Gasteiger partial charge is 0.468 e. The summed E-state index contributed by atoms with van der Waals surface area (Å²) in [5, 5.41) is 2.90. The van der Waals surface area contributed by atoms with E-state index in [1.165, 1.54) is 7.11 Å². The summed E-state index contributed by atoms with van der Waals surface area (Å²) in [6.07, 6.45) is 0.989. The van der Waals surface area contributed by atoms with E-state index in [9.17, 15) is 13.6 Å². The smallest absolute Gasteiger partial charge is 0.323 e. The van der Waals surface area contributed by atoms with Crippen molar-refractivity contribution in [1.82, 2.24) is 5.32 Å². The Morgan fingerprint density at radius 2 is 2.21 bits per heavy atom. The summed E-state index contributed by atoms with van der Waals surface area (Å²) in [4.78, 5) is 11.2. The third-order valence-corrected chi connectivity index (χ3v) is 3.16. The fourth-order valence-electron chi connectivity index (χ4n) is 2.46. The van der Waals surface area contributed by atoms with E-state index in [0.717, 1.165) is 6.42 Å². The Morgan fingerprint density at radius 1 is 1.50 bits per heavy atom. The van der Waals surface area contributed by atoms with Crippen molar-refractivity contribution in [2.45, 2.75) is 37.3 Å². The number of nitrogens with one attached hydrogen (secondary N) is 1. The van der Waals surface area contributed by atoms with Crippen molar-refractivity contribution in [2.75, 3.05) is 7.11 Å². The van der Waals surface area contributed by atoms with Gasteiger partial charge in [-0.25, -0.2) is 8.78 Å². The molecular weight excluding hydrogens is 192 g/mol. The SMILES string of the molecule is COC(=O)C1NC2CCC1C(F)(F)C2. The van der Waals surface area contributed by atoms with E-state index >= 15 is 0 Å². The van der Waals surface area contributed by atoms with Gasteiger partial charge in [0.2, 0.25) is 0 Å². The Morgan fingerprint density at radius 3 is 2.71 bits per heavy atom. The second-order valence-electron chi connectivity index (χ2n) is 4.01. The molecule has 0 aromatic carbocycles. The third kappa shape index (κ3) is 1.39. The summed E-state index contributed by atoms with van der Waals surface area (Å²) < 4.78 is 31.3. The molecule has 3 atom stereocenters. The molecule has 2 heterocycles. The van der Waals surface area contributed by atoms with Crippen molar-refractivity contribution < 1.29 is 18.3 Å². The average molecular weight is 205 g/mol. The number of fused-ring (bicyclic) bond motifs is 3. The average Bonchev–Trinajstić information content (AvgIpc) is 2.15. The molecule has 0 radical (unpaired) electrons. The van der Waals surface area contributed by atoms with Gasteiger partial charge in [-0.1, -0.05) is 0 Å². The molecule has 1 aliphatic carbocycles. The molecule has 0 aromatic rings. The summed E-state index contributed by atoms with van der Waals surface area (Å²) >= 11 is 0. The molecule has 80 valence electrons. The highest BCUT2D eigenvalue weighted by Crippen LogP contribution is 2.44. The van der Waals surface area contributed by atoms with Gasteiger partial charge in [0.1, 0.15) is 6.04 Å². The molecule has 2 bridgehead atoms. The molecule has 0 spiro atoms. The summed E-state index contributed by atoms with van der Waals surface area (Å²) in [6, 6.07) is -1.05. The Kier molecular flexibility index (Phi) is 2.21. The molecule has 3 unspecified atom stereocenters. The zero-order chi connectivity index (χ0) is 10.3. The Labute approximate surface area is 80.8 Å². The zero-order valence-electron chi connectivity index (χ0n) is 7.93. The highest BCUT2D eigenvalue weighted by Gasteiger charge is 2.55. The number of hydrogen-bond acceptors (Lipinski definition) is 3. The lowest BCUT2D eigenvalue weighted by molar-refractivity contribution is -0.168. The lowest BCUT2D eigenvalue weighted by Crippen LogP contribution is -2.63. The van der Waals surface area contributed by atoms with E-state index in [0.29, 0.717) is 6.42 Å². The first-order valence-electron chi connectivity index (χ1n) is 4.76. The fourth-order valence-corrected chi connectivity index (χ4v) is 2.46. The number of methoxy groups -OCH3 is 1. The van der Waals surface area contributed by atoms with E-state index in [4.69, 9.17) is 0 Å². The molecule has 0 aromatic heterocycles. The van der Waals surface area contributed by atoms with Crippen LogP contribution in [0.25, 0.3) is 0 Å². The van der Waals surface area contributed by atoms with Crippen molar-refractivity contribution in [3.63, 3.8) is 0 Å². The number of rotatable bonds is 1. The van der Waals surface area contributed by atoms with Crippen LogP contribution in [0.1, 0.15) is 19.3 Å². The molecule has 2 saturated heterocycles. The third-order valence-electron chi connectivity index (χ3n) is 3.16. The van der Waals surface area contributed by atoms with Gasteiger partial charge in [-0.3, -0.25) is 4.79 Å². The second-order valence-corrected chi connectivity index (χ2v) is 4.01. The standard InChI is InChI=1S/C9H13F2NO2/c1-14-8(13)7-6-3-2-5(12-7)4-9(6,10)11/h5-7,12H,2-4H2,1H3. The van der Waals surface area contributed by atoms with E-state index in [-0.39, 0.29) is 12.5 Å². The lowest BCUT2D eigenvalue weighted by atomic mass is 9.73. The zero-order valence-corrected chi connectivity index (χ0v) is 7.93. The molecule has 0 amide bonds. The van der Waals surface area contributed by atoms with Crippen LogP contribution in [0, 0.1) is 5.92 Å². The minimum absolute atomic E-state index is 0.148. The highest BCUT2D eigenvalue weighted by molar-refractivity contribution is 5.76. The predicted octanol–water partition coefficient (Wildman–Crippen LogP) is 0.935. The van der Waals surface area contributed by atoms with Gasteiger partial charge in [0.25, 0.3) is 5.92 Å². The number of alkyl halides is 2. The second kappa shape index (κ2) is 3.15. The number of halogens is 2. The van der Waals surface area contributed by atoms with Crippen LogP contribution in [0.4, 0.5) is 8.78 Å². The highest BCUT2D eigenvalue weighted by atomic mass is 19.3. The molecule has 2 aliphatic heterocycles. The molecular formula is C9H13F2NO2. The maximum Gasteiger partial charge on any atom is 0.323 e. The number of hydrogen-bond donors (Lipinski definition) is 1. The van der Waals surface area contributed by atoms with Crippen LogP contribution < -0.4 is 5.32 Å². The molecule has 5 heteroatoms. The Bertz CT molecular complexity index is 257. The predicted molar refractivity (Wildman–Crippen MR) is 45.0 cm³/mol. The summed E-state index contributed by atoms with van der Waals surface area (Å²) in [5.74, 6) is -4.17. The van der Waals surface area contributed by atoms with Gasteiger partial charge in [-0.05, 0) is 12.8 Å². The monoisotopic (exact) mass is 205 g/mol. The van der Waals surface area contributed by atoms with Crippen LogP contribution >= 0.6 is 0 Å². The maximum atomic E-state index is 13.4. The molecule has 1 saturated carbocycles. The number of carbonyl (C=O) groups is 1. The van der Waals surface area contributed by atoms with Gasteiger partial charge in [-0.2, -0.15) is 0 Å². The number of piperidine rings is 2. The Hall–Kier alpha value is -0.710. The number of carbonyl (C=O) groups excluding carboxylic acids is 1. The first-order valence-corrected chi connectivity index (χ1v) is 4.76. The number of esters is 1. The van der Waals surface area contributed by atoms with Gasteiger partial charge in [-0.15, -0.1) is 0 Å². The van der Waals surface area contributed by atoms with Crippen LogP contribution in [0.3, 0.4) is 0 Å². The van der Waals surface area contributed by atoms with Crippen LogP contribution in [-0.4, -0.2) is 31.1 Å². The van der Waals surface area contributed by atoms with Crippen molar-refractivity contribution >= 4 is 5.97 Å². The quantitative estimate of drug-likeness (QED) is 0.647. The van der Waals surface area contributed by atoms with Gasteiger partial charge in [0, 0.05) is 18.4 Å². The molecule has 3 nitrogen and oxygen atoms in total. The molecule has 3 fully saturated rings. The van der Waals surface area contributed by atoms with Gasteiger partial charge in [0.05, 0.1) is 7.11 Å². The van der Waals surface area contributed by atoms with E-state index < -0.39 is 23.9 Å². The lowest BCUT2D eigenvalue weighted by Gasteiger charge is -2.46. The fraction of sp³-hybridized carbons (Fsp3) is 0.889. The molecule has 14 heavy (non-hydrogen) atoms. The van der Waals surface area contributed by atoms with E-state index in [2.05, 4.69) is 10.1 Å². The minimum Gasteiger partial charge on any atom is -0.468 e. The van der Waals surface area contributed by atoms with Crippen LogP contribution in [0.2, 0.25) is 0 Å². The normalized spacial score (nSPS) is 39.5. The first kappa shape index (κ1) is 9.83. The summed E-state index contributed by atoms with van der Waals surface area (Å²) in [5.41, 5.74) is 0. The maximum absolute atomic E-state index is 13.4. The van der Waals surface area contributed by atoms with Crippen molar-refractivity contribution in [3.05, 3.63) is 0 Å². The van der Waals surface area contributed by atoms with Crippen LogP contribution in [0.15, 0.2) is 0 Å². The van der Waals surface area contributed by atoms with Crippen LogP contribution in [-0.2, 0) is 9.53 Å². The molecule has 3 aliphatic rings. The summed E-state index contributed by atoms with van der Waals surface area (Å²) in [7, 11) is 1.23. The van der Waals surface area contributed by atoms with Gasteiger partial charge in [0.15, 0.2) is 0 Å². The van der Waals surface area contributed by atoms with E-state index in [1.807, 2.05) is 0 Å². The number of ether oxygens (including phenoxy) is 1. The first-order chi connectivity index (χ1) is 6.54. The van der Waals surface area contributed by atoms with Crippen molar-refractivity contribution in [3.8, 4) is 0 Å². The van der Waals surface area contributed by atoms with Gasteiger partial charge < -0.3 is 10.1 Å². The Balaban J connectivity index is 2.18. The van der Waals surface area contributed by atoms with Crippen molar-refractivity contribution in [2.24, 2.45) is 5.92 Å². The minimum atomic E-state index is -2.72. The molecule has 3 rings (SSSR count). The van der Waals surface area contributed by atoms with Crippen LogP contribution in [0.5, 0.6) is 0 Å².